The normalized spacial score (nSPS) is 11.0. The monoisotopic (exact) mass is 354 g/mol. The molecule has 0 radical (unpaired) electrons. The highest BCUT2D eigenvalue weighted by Gasteiger charge is 2.36. The van der Waals surface area contributed by atoms with E-state index in [1.54, 1.807) is 21.0 Å². The number of benzene rings is 2. The Hall–Kier alpha value is -2.82. The van der Waals surface area contributed by atoms with Crippen LogP contribution in [0.1, 0.15) is 30.5 Å². The van der Waals surface area contributed by atoms with Crippen LogP contribution in [0, 0.1) is 19.3 Å². The van der Waals surface area contributed by atoms with Crippen LogP contribution in [0.3, 0.4) is 0 Å². The molecule has 0 heterocycles. The average molecular weight is 354 g/mol. The Morgan fingerprint density at radius 2 is 1.54 bits per heavy atom. The van der Waals surface area contributed by atoms with Crippen LogP contribution >= 0.6 is 0 Å². The molecule has 0 atom stereocenters. The van der Waals surface area contributed by atoms with Crippen LogP contribution in [0.15, 0.2) is 42.5 Å². The van der Waals surface area contributed by atoms with Gasteiger partial charge in [0.05, 0.1) is 7.11 Å². The number of hydrogen-bond acceptors (Lipinski definition) is 3. The molecule has 0 unspecified atom stereocenters. The first-order valence-corrected chi connectivity index (χ1v) is 8.53. The number of carbonyl (C=O) groups excluding carboxylic acids is 2. The van der Waals surface area contributed by atoms with Gasteiger partial charge in [-0.25, -0.2) is 0 Å². The number of methoxy groups -OCH3 is 1. The molecule has 2 rings (SSSR count). The van der Waals surface area contributed by atoms with Gasteiger partial charge >= 0.3 is 0 Å². The summed E-state index contributed by atoms with van der Waals surface area (Å²) in [4.78, 5) is 25.1. The molecular formula is C21H26N2O3. The minimum Gasteiger partial charge on any atom is -0.497 e. The molecule has 0 fully saturated rings. The molecule has 2 aromatic rings. The van der Waals surface area contributed by atoms with Gasteiger partial charge in [0, 0.05) is 12.2 Å². The van der Waals surface area contributed by atoms with E-state index in [-0.39, 0.29) is 11.8 Å². The zero-order valence-electron chi connectivity index (χ0n) is 16.0. The number of carbonyl (C=O) groups is 2. The van der Waals surface area contributed by atoms with E-state index in [2.05, 4.69) is 10.6 Å². The first-order valence-electron chi connectivity index (χ1n) is 8.53. The highest BCUT2D eigenvalue weighted by Crippen LogP contribution is 2.21. The first-order chi connectivity index (χ1) is 12.2. The molecule has 0 aliphatic heterocycles. The predicted octanol–water partition coefficient (Wildman–Crippen LogP) is 3.59. The van der Waals surface area contributed by atoms with Crippen LogP contribution in [0.5, 0.6) is 5.75 Å². The maximum Gasteiger partial charge on any atom is 0.239 e. The van der Waals surface area contributed by atoms with Crippen molar-refractivity contribution in [1.82, 2.24) is 5.32 Å². The van der Waals surface area contributed by atoms with Gasteiger partial charge in [-0.05, 0) is 68.7 Å². The molecule has 0 bridgehead atoms. The third-order valence-corrected chi connectivity index (χ3v) is 4.23. The second kappa shape index (κ2) is 8.04. The largest absolute Gasteiger partial charge is 0.497 e. The van der Waals surface area contributed by atoms with Crippen molar-refractivity contribution in [2.24, 2.45) is 5.41 Å². The predicted molar refractivity (Wildman–Crippen MR) is 103 cm³/mol. The van der Waals surface area contributed by atoms with Gasteiger partial charge in [0.25, 0.3) is 0 Å². The summed E-state index contributed by atoms with van der Waals surface area (Å²) in [6.07, 6.45) is 0. The van der Waals surface area contributed by atoms with Gasteiger partial charge in [0.2, 0.25) is 11.8 Å². The van der Waals surface area contributed by atoms with Crippen molar-refractivity contribution in [2.75, 3.05) is 12.4 Å². The molecule has 2 aromatic carbocycles. The third kappa shape index (κ3) is 4.85. The van der Waals surface area contributed by atoms with Crippen LogP contribution in [0.4, 0.5) is 5.69 Å². The summed E-state index contributed by atoms with van der Waals surface area (Å²) in [5.41, 5.74) is 2.56. The Labute approximate surface area is 154 Å². The Bertz CT molecular complexity index is 775. The molecule has 0 spiro atoms. The molecule has 5 nitrogen and oxygen atoms in total. The highest BCUT2D eigenvalue weighted by molar-refractivity contribution is 6.09. The number of anilines is 1. The molecule has 138 valence electrons. The molecule has 2 N–H and O–H groups in total. The van der Waals surface area contributed by atoms with Gasteiger partial charge < -0.3 is 15.4 Å². The van der Waals surface area contributed by atoms with Gasteiger partial charge in [0.1, 0.15) is 11.2 Å². The summed E-state index contributed by atoms with van der Waals surface area (Å²) in [6, 6.07) is 13.2. The van der Waals surface area contributed by atoms with Crippen molar-refractivity contribution in [1.29, 1.82) is 0 Å². The number of amides is 2. The molecule has 5 heteroatoms. The Balaban J connectivity index is 1.99. The Morgan fingerprint density at radius 1 is 0.962 bits per heavy atom. The van der Waals surface area contributed by atoms with Gasteiger partial charge in [-0.15, -0.1) is 0 Å². The number of rotatable bonds is 6. The molecule has 0 aliphatic rings. The van der Waals surface area contributed by atoms with Crippen molar-refractivity contribution in [3.8, 4) is 5.75 Å². The van der Waals surface area contributed by atoms with E-state index < -0.39 is 5.41 Å². The first kappa shape index (κ1) is 19.5. The molecule has 0 saturated heterocycles. The summed E-state index contributed by atoms with van der Waals surface area (Å²) >= 11 is 0. The minimum atomic E-state index is -1.19. The Kier molecular flexibility index (Phi) is 6.03. The smallest absolute Gasteiger partial charge is 0.239 e. The number of hydrogen-bond donors (Lipinski definition) is 2. The SMILES string of the molecule is COc1ccc(CNC(=O)C(C)(C)C(=O)Nc2cc(C)cc(C)c2)cc1. The van der Waals surface area contributed by atoms with Crippen molar-refractivity contribution < 1.29 is 14.3 Å². The van der Waals surface area contributed by atoms with Gasteiger partial charge in [-0.2, -0.15) is 0 Å². The maximum atomic E-state index is 12.6. The average Bonchev–Trinajstić information content (AvgIpc) is 2.59. The van der Waals surface area contributed by atoms with Crippen LogP contribution in [-0.2, 0) is 16.1 Å². The van der Waals surface area contributed by atoms with E-state index in [1.807, 2.05) is 56.3 Å². The summed E-state index contributed by atoms with van der Waals surface area (Å²) < 4.78 is 5.11. The summed E-state index contributed by atoms with van der Waals surface area (Å²) in [7, 11) is 1.60. The van der Waals surface area contributed by atoms with E-state index in [9.17, 15) is 9.59 Å². The number of aryl methyl sites for hydroxylation is 2. The topological polar surface area (TPSA) is 67.4 Å². The Morgan fingerprint density at radius 3 is 2.08 bits per heavy atom. The minimum absolute atomic E-state index is 0.324. The zero-order valence-corrected chi connectivity index (χ0v) is 16.0. The van der Waals surface area contributed by atoms with Crippen LogP contribution in [0.2, 0.25) is 0 Å². The number of ether oxygens (including phenoxy) is 1. The molecule has 26 heavy (non-hydrogen) atoms. The zero-order chi connectivity index (χ0) is 19.3. The van der Waals surface area contributed by atoms with Gasteiger partial charge in [-0.3, -0.25) is 9.59 Å². The van der Waals surface area contributed by atoms with Gasteiger partial charge in [0.15, 0.2) is 0 Å². The van der Waals surface area contributed by atoms with Crippen LogP contribution < -0.4 is 15.4 Å². The standard InChI is InChI=1S/C21H26N2O3/c1-14-10-15(2)12-17(11-14)23-20(25)21(3,4)19(24)22-13-16-6-8-18(26-5)9-7-16/h6-12H,13H2,1-5H3,(H,22,24)(H,23,25). The fourth-order valence-electron chi connectivity index (χ4n) is 2.58. The molecular weight excluding hydrogens is 328 g/mol. The van der Waals surface area contributed by atoms with E-state index >= 15 is 0 Å². The van der Waals surface area contributed by atoms with Crippen molar-refractivity contribution in [2.45, 2.75) is 34.2 Å². The van der Waals surface area contributed by atoms with E-state index in [0.29, 0.717) is 12.2 Å². The van der Waals surface area contributed by atoms with Crippen LogP contribution in [0.25, 0.3) is 0 Å². The van der Waals surface area contributed by atoms with Crippen molar-refractivity contribution >= 4 is 17.5 Å². The van der Waals surface area contributed by atoms with Crippen molar-refractivity contribution in [3.05, 3.63) is 59.2 Å². The second-order valence-electron chi connectivity index (χ2n) is 6.99. The van der Waals surface area contributed by atoms with Gasteiger partial charge in [-0.1, -0.05) is 18.2 Å². The lowest BCUT2D eigenvalue weighted by Gasteiger charge is -2.23. The fourth-order valence-corrected chi connectivity index (χ4v) is 2.58. The molecule has 0 aromatic heterocycles. The molecule has 0 saturated carbocycles. The second-order valence-corrected chi connectivity index (χ2v) is 6.99. The van der Waals surface area contributed by atoms with Crippen molar-refractivity contribution in [3.63, 3.8) is 0 Å². The fraction of sp³-hybridized carbons (Fsp3) is 0.333. The summed E-state index contributed by atoms with van der Waals surface area (Å²) in [6.45, 7) is 7.52. The lowest BCUT2D eigenvalue weighted by molar-refractivity contribution is -0.138. The summed E-state index contributed by atoms with van der Waals surface area (Å²) in [5.74, 6) is 0.0955. The lowest BCUT2D eigenvalue weighted by Crippen LogP contribution is -2.44. The van der Waals surface area contributed by atoms with E-state index in [0.717, 1.165) is 22.4 Å². The molecule has 2 amide bonds. The third-order valence-electron chi connectivity index (χ3n) is 4.23. The molecule has 0 aliphatic carbocycles. The summed E-state index contributed by atoms with van der Waals surface area (Å²) in [5, 5.41) is 5.67. The maximum absolute atomic E-state index is 12.6. The lowest BCUT2D eigenvalue weighted by atomic mass is 9.90. The number of nitrogens with one attached hydrogen (secondary N) is 2. The highest BCUT2D eigenvalue weighted by atomic mass is 16.5. The van der Waals surface area contributed by atoms with E-state index in [1.165, 1.54) is 0 Å². The van der Waals surface area contributed by atoms with E-state index in [4.69, 9.17) is 4.74 Å². The van der Waals surface area contributed by atoms with Crippen LogP contribution in [-0.4, -0.2) is 18.9 Å². The quantitative estimate of drug-likeness (QED) is 0.779.